The van der Waals surface area contributed by atoms with Crippen LogP contribution in [-0.4, -0.2) is 32.5 Å². The first-order chi connectivity index (χ1) is 14.7. The lowest BCUT2D eigenvalue weighted by Crippen LogP contribution is -2.36. The molecule has 2 aromatic rings. The SMILES string of the molecule is CCCC[C@@H]1c2c(c(Br)cc(OC)c2OC)C=C2c3cc4c(cc3CCN21)OCO4. The highest BCUT2D eigenvalue weighted by molar-refractivity contribution is 9.10. The zero-order valence-corrected chi connectivity index (χ0v) is 19.2. The largest absolute Gasteiger partial charge is 0.493 e. The third-order valence-corrected chi connectivity index (χ3v) is 6.98. The van der Waals surface area contributed by atoms with Crippen LogP contribution in [0.15, 0.2) is 22.7 Å². The third-order valence-electron chi connectivity index (χ3n) is 6.33. The predicted octanol–water partition coefficient (Wildman–Crippen LogP) is 5.80. The Morgan fingerprint density at radius 3 is 2.67 bits per heavy atom. The summed E-state index contributed by atoms with van der Waals surface area (Å²) in [5, 5.41) is 0. The molecule has 0 saturated heterocycles. The van der Waals surface area contributed by atoms with E-state index in [1.807, 2.05) is 6.07 Å². The maximum Gasteiger partial charge on any atom is 0.231 e. The molecule has 3 aliphatic rings. The highest BCUT2D eigenvalue weighted by atomic mass is 79.9. The Labute approximate surface area is 185 Å². The summed E-state index contributed by atoms with van der Waals surface area (Å²) in [6.07, 6.45) is 6.64. The zero-order valence-electron chi connectivity index (χ0n) is 17.6. The van der Waals surface area contributed by atoms with E-state index in [-0.39, 0.29) is 6.04 Å². The van der Waals surface area contributed by atoms with Gasteiger partial charge in [-0.3, -0.25) is 0 Å². The molecule has 0 N–H and O–H groups in total. The van der Waals surface area contributed by atoms with Crippen LogP contribution in [-0.2, 0) is 6.42 Å². The molecule has 1 atom stereocenters. The number of nitrogens with zero attached hydrogens (tertiary/aromatic N) is 1. The molecule has 0 amide bonds. The van der Waals surface area contributed by atoms with Gasteiger partial charge in [0.25, 0.3) is 0 Å². The lowest BCUT2D eigenvalue weighted by Gasteiger charge is -2.44. The minimum Gasteiger partial charge on any atom is -0.493 e. The van der Waals surface area contributed by atoms with E-state index >= 15 is 0 Å². The van der Waals surface area contributed by atoms with Gasteiger partial charge in [-0.05, 0) is 48.2 Å². The number of halogens is 1. The van der Waals surface area contributed by atoms with E-state index in [0.29, 0.717) is 6.79 Å². The number of rotatable bonds is 5. The molecule has 0 fully saturated rings. The Balaban J connectivity index is 1.72. The molecule has 0 bridgehead atoms. The van der Waals surface area contributed by atoms with Crippen LogP contribution in [0.1, 0.15) is 54.5 Å². The van der Waals surface area contributed by atoms with Crippen molar-refractivity contribution in [1.29, 1.82) is 0 Å². The van der Waals surface area contributed by atoms with Crippen LogP contribution < -0.4 is 18.9 Å². The molecule has 2 aromatic carbocycles. The van der Waals surface area contributed by atoms with Crippen LogP contribution in [0.5, 0.6) is 23.0 Å². The van der Waals surface area contributed by atoms with Crippen molar-refractivity contribution < 1.29 is 18.9 Å². The number of ether oxygens (including phenoxy) is 4. The molecule has 3 aliphatic heterocycles. The normalized spacial score (nSPS) is 18.3. The fourth-order valence-electron chi connectivity index (χ4n) is 4.90. The summed E-state index contributed by atoms with van der Waals surface area (Å²) < 4.78 is 23.8. The molecule has 0 aliphatic carbocycles. The van der Waals surface area contributed by atoms with E-state index in [2.05, 4.69) is 46.0 Å². The lowest BCUT2D eigenvalue weighted by atomic mass is 9.84. The molecule has 30 heavy (non-hydrogen) atoms. The van der Waals surface area contributed by atoms with Gasteiger partial charge in [0.05, 0.1) is 20.3 Å². The summed E-state index contributed by atoms with van der Waals surface area (Å²) in [6.45, 7) is 3.50. The van der Waals surface area contributed by atoms with Gasteiger partial charge in [-0.25, -0.2) is 0 Å². The van der Waals surface area contributed by atoms with Crippen molar-refractivity contribution in [3.63, 3.8) is 0 Å². The topological polar surface area (TPSA) is 40.2 Å². The summed E-state index contributed by atoms with van der Waals surface area (Å²) in [7, 11) is 3.43. The Morgan fingerprint density at radius 1 is 1.13 bits per heavy atom. The van der Waals surface area contributed by atoms with Crippen molar-refractivity contribution >= 4 is 27.7 Å². The van der Waals surface area contributed by atoms with Crippen LogP contribution in [0, 0.1) is 0 Å². The summed E-state index contributed by atoms with van der Waals surface area (Å²) in [6, 6.07) is 6.53. The van der Waals surface area contributed by atoms with Gasteiger partial charge in [0.15, 0.2) is 23.0 Å². The standard InChI is InChI=1S/C24H26BrNO4/c1-4-5-6-18-23-16(17(25)12-22(27-2)24(23)28-3)10-19-15-11-21-20(29-13-30-21)9-14(15)7-8-26(18)19/h9-12,18H,4-8,13H2,1-3H3/t18-/m1/s1. The first-order valence-electron chi connectivity index (χ1n) is 10.5. The van der Waals surface area contributed by atoms with E-state index in [1.54, 1.807) is 14.2 Å². The number of benzene rings is 2. The average molecular weight is 472 g/mol. The smallest absolute Gasteiger partial charge is 0.231 e. The van der Waals surface area contributed by atoms with E-state index < -0.39 is 0 Å². The van der Waals surface area contributed by atoms with Gasteiger partial charge in [0.1, 0.15) is 0 Å². The highest BCUT2D eigenvalue weighted by Crippen LogP contribution is 2.52. The molecular formula is C24H26BrNO4. The molecule has 0 saturated carbocycles. The van der Waals surface area contributed by atoms with Crippen LogP contribution in [0.2, 0.25) is 0 Å². The van der Waals surface area contributed by atoms with Gasteiger partial charge in [-0.2, -0.15) is 0 Å². The first-order valence-corrected chi connectivity index (χ1v) is 11.3. The van der Waals surface area contributed by atoms with Crippen LogP contribution >= 0.6 is 15.9 Å². The molecular weight excluding hydrogens is 446 g/mol. The first kappa shape index (κ1) is 19.6. The zero-order chi connectivity index (χ0) is 20.8. The molecule has 0 unspecified atom stereocenters. The number of unbranched alkanes of at least 4 members (excludes halogenated alkanes) is 1. The van der Waals surface area contributed by atoms with E-state index in [1.165, 1.54) is 28.0 Å². The quantitative estimate of drug-likeness (QED) is 0.551. The van der Waals surface area contributed by atoms with Gasteiger partial charge >= 0.3 is 0 Å². The predicted molar refractivity (Wildman–Crippen MR) is 120 cm³/mol. The third kappa shape index (κ3) is 2.96. The number of hydrogen-bond acceptors (Lipinski definition) is 5. The van der Waals surface area contributed by atoms with Gasteiger partial charge < -0.3 is 23.8 Å². The molecule has 6 heteroatoms. The Morgan fingerprint density at radius 2 is 1.93 bits per heavy atom. The molecule has 0 radical (unpaired) electrons. The minimum atomic E-state index is 0.236. The monoisotopic (exact) mass is 471 g/mol. The maximum absolute atomic E-state index is 5.87. The van der Waals surface area contributed by atoms with Gasteiger partial charge in [-0.1, -0.05) is 35.7 Å². The van der Waals surface area contributed by atoms with Crippen molar-refractivity contribution in [3.05, 3.63) is 44.9 Å². The van der Waals surface area contributed by atoms with Crippen molar-refractivity contribution in [1.82, 2.24) is 4.90 Å². The fraction of sp³-hybridized carbons (Fsp3) is 0.417. The molecule has 5 rings (SSSR count). The maximum atomic E-state index is 5.87. The summed E-state index contributed by atoms with van der Waals surface area (Å²) in [5.41, 5.74) is 6.18. The molecule has 0 aromatic heterocycles. The molecule has 158 valence electrons. The Bertz CT molecular complexity index is 1030. The van der Waals surface area contributed by atoms with Gasteiger partial charge in [0.2, 0.25) is 6.79 Å². The van der Waals surface area contributed by atoms with E-state index in [4.69, 9.17) is 18.9 Å². The average Bonchev–Trinajstić information content (AvgIpc) is 3.22. The van der Waals surface area contributed by atoms with Crippen LogP contribution in [0.3, 0.4) is 0 Å². The van der Waals surface area contributed by atoms with Crippen molar-refractivity contribution in [2.45, 2.75) is 38.6 Å². The summed E-state index contributed by atoms with van der Waals surface area (Å²) >= 11 is 3.80. The fourth-order valence-corrected chi connectivity index (χ4v) is 5.44. The van der Waals surface area contributed by atoms with Crippen molar-refractivity contribution in [2.24, 2.45) is 0 Å². The Hall–Kier alpha value is -2.34. The number of hydrogen-bond donors (Lipinski definition) is 0. The van der Waals surface area contributed by atoms with Crippen molar-refractivity contribution in [2.75, 3.05) is 27.6 Å². The number of methoxy groups -OCH3 is 2. The lowest BCUT2D eigenvalue weighted by molar-refractivity contribution is 0.174. The second-order valence-corrected chi connectivity index (χ2v) is 8.77. The second-order valence-electron chi connectivity index (χ2n) is 7.91. The minimum absolute atomic E-state index is 0.236. The molecule has 0 spiro atoms. The highest BCUT2D eigenvalue weighted by Gasteiger charge is 2.37. The van der Waals surface area contributed by atoms with Crippen LogP contribution in [0.25, 0.3) is 11.8 Å². The number of fused-ring (bicyclic) bond motifs is 5. The summed E-state index contributed by atoms with van der Waals surface area (Å²) in [5.74, 6) is 3.29. The second kappa shape index (κ2) is 7.73. The Kier molecular flexibility index (Phi) is 5.05. The van der Waals surface area contributed by atoms with Gasteiger partial charge in [-0.15, -0.1) is 0 Å². The van der Waals surface area contributed by atoms with Gasteiger partial charge in [0, 0.05) is 27.8 Å². The van der Waals surface area contributed by atoms with Crippen LogP contribution in [0.4, 0.5) is 0 Å². The summed E-state index contributed by atoms with van der Waals surface area (Å²) in [4.78, 5) is 2.54. The van der Waals surface area contributed by atoms with E-state index in [0.717, 1.165) is 59.7 Å². The molecule has 5 nitrogen and oxygen atoms in total. The van der Waals surface area contributed by atoms with E-state index in [9.17, 15) is 0 Å². The molecule has 3 heterocycles. The van der Waals surface area contributed by atoms with Crippen molar-refractivity contribution in [3.8, 4) is 23.0 Å².